The van der Waals surface area contributed by atoms with Crippen LogP contribution in [-0.4, -0.2) is 41.5 Å². The fourth-order valence-electron chi connectivity index (χ4n) is 3.65. The lowest BCUT2D eigenvalue weighted by molar-refractivity contribution is 0.0761. The third-order valence-electron chi connectivity index (χ3n) is 5.66. The van der Waals surface area contributed by atoms with Gasteiger partial charge < -0.3 is 15.0 Å². The first-order valence-electron chi connectivity index (χ1n) is 11.8. The number of carbonyl (C=O) groups excluding carboxylic acids is 2. The van der Waals surface area contributed by atoms with E-state index in [1.54, 1.807) is 42.5 Å². The van der Waals surface area contributed by atoms with Crippen LogP contribution in [0.15, 0.2) is 46.9 Å². The molecule has 8 heteroatoms. The number of carbonyl (C=O) groups is 2. The van der Waals surface area contributed by atoms with E-state index < -0.39 is 0 Å². The van der Waals surface area contributed by atoms with Gasteiger partial charge >= 0.3 is 0 Å². The summed E-state index contributed by atoms with van der Waals surface area (Å²) >= 11 is 8.77. The number of nitrogens with one attached hydrogen (secondary N) is 2. The third kappa shape index (κ3) is 7.81. The van der Waals surface area contributed by atoms with Crippen molar-refractivity contribution < 1.29 is 14.3 Å². The zero-order valence-electron chi connectivity index (χ0n) is 19.7. The van der Waals surface area contributed by atoms with Crippen LogP contribution in [0.3, 0.4) is 0 Å². The van der Waals surface area contributed by atoms with Crippen molar-refractivity contribution in [1.29, 1.82) is 0 Å². The van der Waals surface area contributed by atoms with Crippen molar-refractivity contribution in [3.05, 3.63) is 58.1 Å². The van der Waals surface area contributed by atoms with Crippen molar-refractivity contribution in [3.8, 4) is 5.75 Å². The van der Waals surface area contributed by atoms with Gasteiger partial charge in [0.25, 0.3) is 11.8 Å². The molecule has 0 atom stereocenters. The van der Waals surface area contributed by atoms with Gasteiger partial charge in [0.05, 0.1) is 11.1 Å². The summed E-state index contributed by atoms with van der Waals surface area (Å²) < 4.78 is 6.49. The number of thiocarbonyl (C=S) groups is 1. The molecule has 3 rings (SSSR count). The standard InChI is InChI=1S/C26H32BrN3O3S/c1-18(2)13-16-33-23-12-9-20(17-22(23)27)24(31)29-26(34)28-21-10-7-19(8-11-21)25(32)30-14-5-3-4-6-15-30/h7-12,17-18H,3-6,13-16H2,1-2H3,(H2,28,29,31,34). The van der Waals surface area contributed by atoms with Crippen LogP contribution < -0.4 is 15.4 Å². The van der Waals surface area contributed by atoms with E-state index in [1.807, 2.05) is 4.90 Å². The molecule has 1 aliphatic heterocycles. The highest BCUT2D eigenvalue weighted by molar-refractivity contribution is 9.10. The summed E-state index contributed by atoms with van der Waals surface area (Å²) in [6.07, 6.45) is 5.45. The van der Waals surface area contributed by atoms with E-state index in [1.165, 1.54) is 12.8 Å². The number of benzene rings is 2. The topological polar surface area (TPSA) is 70.7 Å². The van der Waals surface area contributed by atoms with E-state index in [9.17, 15) is 9.59 Å². The number of nitrogens with zero attached hydrogens (tertiary/aromatic N) is 1. The minimum absolute atomic E-state index is 0.0616. The molecule has 34 heavy (non-hydrogen) atoms. The van der Waals surface area contributed by atoms with Crippen molar-refractivity contribution in [2.45, 2.75) is 46.0 Å². The minimum atomic E-state index is -0.320. The van der Waals surface area contributed by atoms with E-state index in [0.29, 0.717) is 39.6 Å². The van der Waals surface area contributed by atoms with E-state index in [2.05, 4.69) is 40.4 Å². The summed E-state index contributed by atoms with van der Waals surface area (Å²) in [4.78, 5) is 27.3. The largest absolute Gasteiger partial charge is 0.492 e. The maximum Gasteiger partial charge on any atom is 0.257 e. The molecular weight excluding hydrogens is 514 g/mol. The second-order valence-electron chi connectivity index (χ2n) is 8.87. The molecule has 0 spiro atoms. The van der Waals surface area contributed by atoms with Gasteiger partial charge in [-0.3, -0.25) is 14.9 Å². The number of hydrogen-bond acceptors (Lipinski definition) is 4. The molecule has 1 aliphatic rings. The molecule has 0 aliphatic carbocycles. The first kappa shape index (κ1) is 26.2. The van der Waals surface area contributed by atoms with Crippen LogP contribution in [0.4, 0.5) is 5.69 Å². The molecule has 182 valence electrons. The Morgan fingerprint density at radius 3 is 2.29 bits per heavy atom. The number of anilines is 1. The van der Waals surface area contributed by atoms with Gasteiger partial charge in [-0.15, -0.1) is 0 Å². The molecular formula is C26H32BrN3O3S. The van der Waals surface area contributed by atoms with E-state index in [0.717, 1.165) is 32.4 Å². The van der Waals surface area contributed by atoms with E-state index in [4.69, 9.17) is 17.0 Å². The van der Waals surface area contributed by atoms with Gasteiger partial charge in [-0.05, 0) is 95.8 Å². The summed E-state index contributed by atoms with van der Waals surface area (Å²) in [5, 5.41) is 5.88. The molecule has 0 aromatic heterocycles. The first-order chi connectivity index (χ1) is 16.3. The van der Waals surface area contributed by atoms with Crippen molar-refractivity contribution in [1.82, 2.24) is 10.2 Å². The Morgan fingerprint density at radius 2 is 1.68 bits per heavy atom. The maximum atomic E-state index is 12.7. The minimum Gasteiger partial charge on any atom is -0.492 e. The molecule has 1 saturated heterocycles. The fourth-order valence-corrected chi connectivity index (χ4v) is 4.36. The van der Waals surface area contributed by atoms with Crippen LogP contribution in [0, 0.1) is 5.92 Å². The fraction of sp³-hybridized carbons (Fsp3) is 0.423. The Labute approximate surface area is 215 Å². The van der Waals surface area contributed by atoms with Gasteiger partial charge in [-0.25, -0.2) is 0 Å². The summed E-state index contributed by atoms with van der Waals surface area (Å²) in [7, 11) is 0. The van der Waals surface area contributed by atoms with Gasteiger partial charge in [-0.2, -0.15) is 0 Å². The Hall–Kier alpha value is -2.45. The zero-order chi connectivity index (χ0) is 24.5. The molecule has 2 aromatic rings. The highest BCUT2D eigenvalue weighted by Gasteiger charge is 2.17. The predicted molar refractivity (Wildman–Crippen MR) is 144 cm³/mol. The van der Waals surface area contributed by atoms with Crippen LogP contribution in [0.5, 0.6) is 5.75 Å². The molecule has 0 radical (unpaired) electrons. The van der Waals surface area contributed by atoms with Crippen molar-refractivity contribution in [2.75, 3.05) is 25.0 Å². The van der Waals surface area contributed by atoms with E-state index >= 15 is 0 Å². The molecule has 2 N–H and O–H groups in total. The molecule has 2 aromatic carbocycles. The lowest BCUT2D eigenvalue weighted by Crippen LogP contribution is -2.34. The molecule has 0 saturated carbocycles. The number of rotatable bonds is 7. The lowest BCUT2D eigenvalue weighted by atomic mass is 10.1. The summed E-state index contributed by atoms with van der Waals surface area (Å²) in [5.74, 6) is 1.01. The summed E-state index contributed by atoms with van der Waals surface area (Å²) in [5.41, 5.74) is 1.82. The van der Waals surface area contributed by atoms with Crippen molar-refractivity contribution >= 4 is 50.8 Å². The Bertz CT molecular complexity index is 1000. The van der Waals surface area contributed by atoms with Crippen LogP contribution in [-0.2, 0) is 0 Å². The average molecular weight is 547 g/mol. The van der Waals surface area contributed by atoms with Gasteiger partial charge in [0.2, 0.25) is 0 Å². The second-order valence-corrected chi connectivity index (χ2v) is 10.1. The molecule has 0 bridgehead atoms. The molecule has 6 nitrogen and oxygen atoms in total. The van der Waals surface area contributed by atoms with Crippen LogP contribution >= 0.6 is 28.1 Å². The maximum absolute atomic E-state index is 12.7. The van der Waals surface area contributed by atoms with Crippen LogP contribution in [0.1, 0.15) is 66.7 Å². The first-order valence-corrected chi connectivity index (χ1v) is 13.0. The molecule has 2 amide bonds. The monoisotopic (exact) mass is 545 g/mol. The Morgan fingerprint density at radius 1 is 1.03 bits per heavy atom. The number of ether oxygens (including phenoxy) is 1. The Kier molecular flexibility index (Phi) is 9.89. The zero-order valence-corrected chi connectivity index (χ0v) is 22.1. The lowest BCUT2D eigenvalue weighted by Gasteiger charge is -2.20. The molecule has 1 fully saturated rings. The number of hydrogen-bond donors (Lipinski definition) is 2. The Balaban J connectivity index is 1.52. The third-order valence-corrected chi connectivity index (χ3v) is 6.48. The van der Waals surface area contributed by atoms with Gasteiger partial charge in [0.1, 0.15) is 5.75 Å². The predicted octanol–water partition coefficient (Wildman–Crippen LogP) is 6.02. The second kappa shape index (κ2) is 12.9. The number of amides is 2. The highest BCUT2D eigenvalue weighted by Crippen LogP contribution is 2.26. The van der Waals surface area contributed by atoms with Crippen LogP contribution in [0.2, 0.25) is 0 Å². The smallest absolute Gasteiger partial charge is 0.257 e. The van der Waals surface area contributed by atoms with E-state index in [-0.39, 0.29) is 16.9 Å². The molecule has 1 heterocycles. The number of likely N-dealkylation sites (tertiary alicyclic amines) is 1. The van der Waals surface area contributed by atoms with Crippen molar-refractivity contribution in [2.24, 2.45) is 5.92 Å². The van der Waals surface area contributed by atoms with Gasteiger partial charge in [0, 0.05) is 29.9 Å². The van der Waals surface area contributed by atoms with Gasteiger partial charge in [-0.1, -0.05) is 26.7 Å². The average Bonchev–Trinajstić information content (AvgIpc) is 3.09. The number of halogens is 1. The quantitative estimate of drug-likeness (QED) is 0.416. The summed E-state index contributed by atoms with van der Waals surface area (Å²) in [6, 6.07) is 12.4. The summed E-state index contributed by atoms with van der Waals surface area (Å²) in [6.45, 7) is 6.55. The highest BCUT2D eigenvalue weighted by atomic mass is 79.9. The van der Waals surface area contributed by atoms with Gasteiger partial charge in [0.15, 0.2) is 5.11 Å². The normalized spacial score (nSPS) is 13.8. The SMILES string of the molecule is CC(C)CCOc1ccc(C(=O)NC(=S)Nc2ccc(C(=O)N3CCCCCC3)cc2)cc1Br. The van der Waals surface area contributed by atoms with Crippen molar-refractivity contribution in [3.63, 3.8) is 0 Å². The van der Waals surface area contributed by atoms with Crippen LogP contribution in [0.25, 0.3) is 0 Å². The molecule has 0 unspecified atom stereocenters.